The van der Waals surface area contributed by atoms with E-state index in [2.05, 4.69) is 26.1 Å². The van der Waals surface area contributed by atoms with E-state index in [-0.39, 0.29) is 35.9 Å². The topological polar surface area (TPSA) is 97.3 Å². The minimum Gasteiger partial charge on any atom is -0.446 e. The van der Waals surface area contributed by atoms with Crippen LogP contribution in [0.2, 0.25) is 0 Å². The zero-order valence-corrected chi connectivity index (χ0v) is 24.7. The van der Waals surface area contributed by atoms with Crippen LogP contribution in [0, 0.1) is 45.3 Å². The maximum Gasteiger partial charge on any atom is 0.407 e. The van der Waals surface area contributed by atoms with Gasteiger partial charge >= 0.3 is 6.09 Å². The molecule has 220 valence electrons. The van der Waals surface area contributed by atoms with Crippen molar-refractivity contribution in [2.75, 3.05) is 13.2 Å². The summed E-state index contributed by atoms with van der Waals surface area (Å²) in [5.41, 5.74) is 0.0208. The molecule has 0 radical (unpaired) electrons. The summed E-state index contributed by atoms with van der Waals surface area (Å²) >= 11 is 0. The molecular weight excluding hydrogens is 494 g/mol. The molecule has 2 heterocycles. The van der Waals surface area contributed by atoms with E-state index in [0.717, 1.165) is 31.6 Å². The molecule has 5 saturated carbocycles. The van der Waals surface area contributed by atoms with E-state index in [1.807, 2.05) is 0 Å². The normalized spacial score (nSPS) is 50.7. The Morgan fingerprint density at radius 3 is 2.41 bits per heavy atom. The largest absolute Gasteiger partial charge is 0.446 e. The molecule has 0 aromatic heterocycles. The van der Waals surface area contributed by atoms with Gasteiger partial charge in [-0.3, -0.25) is 0 Å². The molecule has 0 aromatic carbocycles. The van der Waals surface area contributed by atoms with Crippen LogP contribution in [0.3, 0.4) is 0 Å². The van der Waals surface area contributed by atoms with Gasteiger partial charge in [0.25, 0.3) is 0 Å². The van der Waals surface area contributed by atoms with Crippen molar-refractivity contribution in [1.29, 1.82) is 0 Å². The number of nitrogens with one attached hydrogen (secondary N) is 1. The molecule has 11 atom stereocenters. The second-order valence-corrected chi connectivity index (χ2v) is 16.2. The number of hydrogen-bond donors (Lipinski definition) is 3. The molecule has 2 spiro atoms. The molecule has 2 aliphatic heterocycles. The molecule has 0 bridgehead atoms. The van der Waals surface area contributed by atoms with Crippen molar-refractivity contribution in [2.24, 2.45) is 45.3 Å². The fourth-order valence-electron chi connectivity index (χ4n) is 11.8. The number of rotatable bonds is 4. The second-order valence-electron chi connectivity index (χ2n) is 16.2. The third-order valence-corrected chi connectivity index (χ3v) is 13.8. The summed E-state index contributed by atoms with van der Waals surface area (Å²) in [7, 11) is 0. The summed E-state index contributed by atoms with van der Waals surface area (Å²) in [6, 6.07) is 0.0991. The van der Waals surface area contributed by atoms with Crippen LogP contribution in [0.25, 0.3) is 0 Å². The predicted molar refractivity (Wildman–Crippen MR) is 146 cm³/mol. The van der Waals surface area contributed by atoms with E-state index in [0.29, 0.717) is 47.2 Å². The van der Waals surface area contributed by atoms with Crippen molar-refractivity contribution in [3.8, 4) is 0 Å². The van der Waals surface area contributed by atoms with Crippen LogP contribution < -0.4 is 5.32 Å². The number of carbonyl (C=O) groups is 1. The lowest BCUT2D eigenvalue weighted by molar-refractivity contribution is -0.177. The van der Waals surface area contributed by atoms with Crippen molar-refractivity contribution < 1.29 is 29.2 Å². The molecule has 7 aliphatic rings. The molecular formula is C32H51NO6. The quantitative estimate of drug-likeness (QED) is 0.469. The van der Waals surface area contributed by atoms with Crippen LogP contribution in [-0.4, -0.2) is 65.6 Å². The molecule has 7 heteroatoms. The third kappa shape index (κ3) is 3.71. The lowest BCUT2D eigenvalue weighted by Crippen LogP contribution is -2.56. The number of carbonyl (C=O) groups excluding carboxylic acids is 1. The molecule has 1 amide bonds. The highest BCUT2D eigenvalue weighted by Gasteiger charge is 2.81. The average Bonchev–Trinajstić information content (AvgIpc) is 3.42. The zero-order chi connectivity index (χ0) is 27.6. The second kappa shape index (κ2) is 8.58. The standard InChI is InChI=1S/C32H51NO6/c1-28(2)24-9-7-19-21-14-23-20(6-8-22(38-23)26(34)29(3,4)36)30(21,5)12-13-31(19)17-32(24,31)11-10-25(28)39-27(35)33-18-15-37-16-18/h18-26,34,36H,6-17H2,1-5H3,(H,33,35)/t19?,20?,21?,22?,23?,24?,25-,26-,30?,31-,32?/m0/s1. The third-order valence-electron chi connectivity index (χ3n) is 13.8. The Hall–Kier alpha value is -0.890. The molecule has 0 aromatic rings. The van der Waals surface area contributed by atoms with Gasteiger partial charge in [-0.15, -0.1) is 0 Å². The van der Waals surface area contributed by atoms with Crippen molar-refractivity contribution in [2.45, 2.75) is 135 Å². The highest BCUT2D eigenvalue weighted by molar-refractivity contribution is 5.68. The van der Waals surface area contributed by atoms with Gasteiger partial charge in [-0.25, -0.2) is 4.79 Å². The lowest BCUT2D eigenvalue weighted by atomic mass is 9.46. The highest BCUT2D eigenvalue weighted by Crippen LogP contribution is 2.87. The van der Waals surface area contributed by atoms with Crippen LogP contribution >= 0.6 is 0 Å². The first-order valence-electron chi connectivity index (χ1n) is 15.9. The van der Waals surface area contributed by atoms with Gasteiger partial charge in [0.2, 0.25) is 0 Å². The minimum atomic E-state index is -1.14. The van der Waals surface area contributed by atoms with Gasteiger partial charge in [-0.05, 0) is 118 Å². The van der Waals surface area contributed by atoms with Crippen LogP contribution in [0.15, 0.2) is 0 Å². The molecule has 5 aliphatic carbocycles. The Balaban J connectivity index is 1.07. The van der Waals surface area contributed by atoms with Crippen LogP contribution in [0.4, 0.5) is 4.79 Å². The molecule has 7 rings (SSSR count). The summed E-state index contributed by atoms with van der Waals surface area (Å²) in [6.45, 7) is 11.9. The van der Waals surface area contributed by atoms with Gasteiger partial charge in [-0.1, -0.05) is 20.8 Å². The molecule has 3 N–H and O–H groups in total. The number of alkyl carbamates (subject to hydrolysis) is 1. The maximum atomic E-state index is 12.7. The van der Waals surface area contributed by atoms with Gasteiger partial charge in [0.1, 0.15) is 12.2 Å². The Labute approximate surface area is 234 Å². The Kier molecular flexibility index (Phi) is 5.93. The van der Waals surface area contributed by atoms with E-state index in [1.54, 1.807) is 13.8 Å². The molecule has 8 unspecified atom stereocenters. The SMILES string of the molecule is CC12CC[C@@]34CC35CC[C@H](OC(=O)NC3COC3)C(C)(C)C5CCC4C1CC1OC([C@H](O)C(C)(C)O)CCC12. The summed E-state index contributed by atoms with van der Waals surface area (Å²) in [5, 5.41) is 24.2. The van der Waals surface area contributed by atoms with Crippen molar-refractivity contribution in [3.05, 3.63) is 0 Å². The van der Waals surface area contributed by atoms with Crippen molar-refractivity contribution in [3.63, 3.8) is 0 Å². The molecule has 2 saturated heterocycles. The van der Waals surface area contributed by atoms with E-state index in [1.165, 1.54) is 38.5 Å². The van der Waals surface area contributed by atoms with Crippen molar-refractivity contribution in [1.82, 2.24) is 5.32 Å². The van der Waals surface area contributed by atoms with E-state index >= 15 is 0 Å². The van der Waals surface area contributed by atoms with Gasteiger partial charge in [0, 0.05) is 5.41 Å². The number of fused-ring (bicyclic) bond motifs is 4. The van der Waals surface area contributed by atoms with E-state index in [4.69, 9.17) is 14.2 Å². The monoisotopic (exact) mass is 545 g/mol. The van der Waals surface area contributed by atoms with E-state index in [9.17, 15) is 15.0 Å². The van der Waals surface area contributed by atoms with Gasteiger partial charge in [0.15, 0.2) is 0 Å². The summed E-state index contributed by atoms with van der Waals surface area (Å²) in [6.07, 6.45) is 10.5. The van der Waals surface area contributed by atoms with Gasteiger partial charge < -0.3 is 29.7 Å². The molecule has 7 fully saturated rings. The minimum absolute atomic E-state index is 0.0197. The maximum absolute atomic E-state index is 12.7. The first kappa shape index (κ1) is 27.0. The first-order chi connectivity index (χ1) is 18.3. The molecule has 39 heavy (non-hydrogen) atoms. The fraction of sp³-hybridized carbons (Fsp3) is 0.969. The number of ether oxygens (including phenoxy) is 3. The summed E-state index contributed by atoms with van der Waals surface area (Å²) < 4.78 is 17.9. The smallest absolute Gasteiger partial charge is 0.407 e. The first-order valence-corrected chi connectivity index (χ1v) is 15.9. The summed E-state index contributed by atoms with van der Waals surface area (Å²) in [4.78, 5) is 12.7. The highest BCUT2D eigenvalue weighted by atomic mass is 16.6. The summed E-state index contributed by atoms with van der Waals surface area (Å²) in [5.74, 6) is 2.62. The Bertz CT molecular complexity index is 1010. The number of hydrogen-bond acceptors (Lipinski definition) is 6. The van der Waals surface area contributed by atoms with Crippen molar-refractivity contribution >= 4 is 6.09 Å². The zero-order valence-electron chi connectivity index (χ0n) is 24.7. The number of aliphatic hydroxyl groups excluding tert-OH is 1. The fourth-order valence-corrected chi connectivity index (χ4v) is 11.8. The van der Waals surface area contributed by atoms with Crippen LogP contribution in [0.5, 0.6) is 0 Å². The van der Waals surface area contributed by atoms with Gasteiger partial charge in [0.05, 0.1) is 37.1 Å². The Morgan fingerprint density at radius 1 is 0.974 bits per heavy atom. The Morgan fingerprint density at radius 2 is 1.72 bits per heavy atom. The van der Waals surface area contributed by atoms with Crippen LogP contribution in [0.1, 0.15) is 98.8 Å². The number of amides is 1. The molecule has 7 nitrogen and oxygen atoms in total. The average molecular weight is 546 g/mol. The van der Waals surface area contributed by atoms with Crippen LogP contribution in [-0.2, 0) is 14.2 Å². The van der Waals surface area contributed by atoms with Gasteiger partial charge in [-0.2, -0.15) is 0 Å². The predicted octanol–water partition coefficient (Wildman–Crippen LogP) is 4.82. The lowest BCUT2D eigenvalue weighted by Gasteiger charge is -2.59. The van der Waals surface area contributed by atoms with E-state index < -0.39 is 11.7 Å². The number of aliphatic hydroxyl groups is 2.